The van der Waals surface area contributed by atoms with Crippen LogP contribution in [0.4, 0.5) is 8.78 Å². The van der Waals surface area contributed by atoms with Gasteiger partial charge in [-0.2, -0.15) is 0 Å². The van der Waals surface area contributed by atoms with Gasteiger partial charge in [0.1, 0.15) is 29.3 Å². The summed E-state index contributed by atoms with van der Waals surface area (Å²) < 4.78 is 37.3. The van der Waals surface area contributed by atoms with E-state index in [-0.39, 0.29) is 29.7 Å². The molecule has 47 heavy (non-hydrogen) atoms. The molecular formula is C37H43F2N5O3. The molecule has 3 N–H and O–H groups in total. The number of aromatic nitrogens is 2. The lowest BCUT2D eigenvalue weighted by atomic mass is 9.80. The quantitative estimate of drug-likeness (QED) is 0.130. The minimum atomic E-state index is -0.865. The maximum absolute atomic E-state index is 15.1. The molecule has 0 aliphatic carbocycles. The lowest BCUT2D eigenvalue weighted by molar-refractivity contribution is -0.123. The summed E-state index contributed by atoms with van der Waals surface area (Å²) in [4.78, 5) is 32.2. The minimum absolute atomic E-state index is 0.00228. The fourth-order valence-corrected chi connectivity index (χ4v) is 5.67. The van der Waals surface area contributed by atoms with Gasteiger partial charge in [0.25, 0.3) is 5.91 Å². The number of nitrogens with one attached hydrogen (secondary N) is 3. The number of imidazole rings is 1. The smallest absolute Gasteiger partial charge is 0.255 e. The molecule has 0 spiro atoms. The van der Waals surface area contributed by atoms with Crippen LogP contribution in [0.15, 0.2) is 79.0 Å². The van der Waals surface area contributed by atoms with Crippen LogP contribution in [0.1, 0.15) is 74.2 Å². The Bertz CT molecular complexity index is 1670. The Kier molecular flexibility index (Phi) is 11.0. The number of carbonyl (C=O) groups excluding carboxylic acids is 2. The molecule has 2 heterocycles. The molecule has 0 saturated carbocycles. The third kappa shape index (κ3) is 8.62. The molecule has 248 valence electrons. The molecule has 0 bridgehead atoms. The number of amides is 2. The number of benzene rings is 3. The molecule has 10 heteroatoms. The highest BCUT2D eigenvalue weighted by Crippen LogP contribution is 2.38. The fraction of sp³-hybridized carbons (Fsp3) is 0.378. The summed E-state index contributed by atoms with van der Waals surface area (Å²) in [6.45, 7) is 8.19. The van der Waals surface area contributed by atoms with Crippen molar-refractivity contribution >= 4 is 11.8 Å². The van der Waals surface area contributed by atoms with E-state index in [4.69, 9.17) is 9.72 Å². The first-order valence-electron chi connectivity index (χ1n) is 16.2. The Morgan fingerprint density at radius 1 is 1.04 bits per heavy atom. The van der Waals surface area contributed by atoms with Gasteiger partial charge >= 0.3 is 0 Å². The third-order valence-corrected chi connectivity index (χ3v) is 8.41. The Morgan fingerprint density at radius 3 is 2.51 bits per heavy atom. The van der Waals surface area contributed by atoms with Crippen LogP contribution in [-0.4, -0.2) is 47.1 Å². The van der Waals surface area contributed by atoms with Crippen LogP contribution in [-0.2, 0) is 11.3 Å². The molecule has 2 amide bonds. The molecule has 1 atom stereocenters. The molecule has 5 rings (SSSR count). The Balaban J connectivity index is 1.56. The van der Waals surface area contributed by atoms with Gasteiger partial charge < -0.3 is 25.3 Å². The average molecular weight is 644 g/mol. The van der Waals surface area contributed by atoms with Crippen LogP contribution in [0, 0.1) is 17.0 Å². The van der Waals surface area contributed by atoms with Crippen molar-refractivity contribution in [3.63, 3.8) is 0 Å². The van der Waals surface area contributed by atoms with Crippen LogP contribution in [0.3, 0.4) is 0 Å². The molecule has 3 aromatic carbocycles. The first-order valence-corrected chi connectivity index (χ1v) is 16.2. The summed E-state index contributed by atoms with van der Waals surface area (Å²) in [5, 5.41) is 9.35. The lowest BCUT2D eigenvalue weighted by Crippen LogP contribution is -2.50. The fourth-order valence-electron chi connectivity index (χ4n) is 5.67. The molecule has 0 radical (unpaired) electrons. The number of hydrogen-bond donors (Lipinski definition) is 3. The number of para-hydroxylation sites is 1. The summed E-state index contributed by atoms with van der Waals surface area (Å²) >= 11 is 0. The van der Waals surface area contributed by atoms with E-state index in [9.17, 15) is 14.0 Å². The Hall–Kier alpha value is -4.57. The van der Waals surface area contributed by atoms with Gasteiger partial charge in [-0.3, -0.25) is 9.59 Å². The Labute approximate surface area is 274 Å². The second-order valence-electron chi connectivity index (χ2n) is 12.7. The minimum Gasteiger partial charge on any atom is -0.487 e. The van der Waals surface area contributed by atoms with Crippen molar-refractivity contribution in [3.05, 3.63) is 108 Å². The molecular weight excluding hydrogens is 600 g/mol. The first-order chi connectivity index (χ1) is 22.6. The molecule has 0 unspecified atom stereocenters. The van der Waals surface area contributed by atoms with Gasteiger partial charge in [0.2, 0.25) is 5.91 Å². The molecule has 1 aliphatic rings. The van der Waals surface area contributed by atoms with E-state index in [2.05, 4.69) is 22.9 Å². The number of nitrogens with zero attached hydrogens (tertiary/aromatic N) is 2. The number of rotatable bonds is 15. The Morgan fingerprint density at radius 2 is 1.79 bits per heavy atom. The largest absolute Gasteiger partial charge is 0.487 e. The summed E-state index contributed by atoms with van der Waals surface area (Å²) in [7, 11) is 0. The highest BCUT2D eigenvalue weighted by molar-refractivity contribution is 5.97. The predicted octanol–water partition coefficient (Wildman–Crippen LogP) is 6.42. The van der Waals surface area contributed by atoms with E-state index in [0.717, 1.165) is 43.0 Å². The zero-order chi connectivity index (χ0) is 33.4. The number of ether oxygens (including phenoxy) is 1. The van der Waals surface area contributed by atoms with Gasteiger partial charge in [0.15, 0.2) is 0 Å². The summed E-state index contributed by atoms with van der Waals surface area (Å²) in [5.74, 6) is -0.900. The maximum Gasteiger partial charge on any atom is 0.255 e. The standard InChI is InChI=1S/C37H43F2N5O3/c1-4-5-11-18-41-33(45)20-37(2,3)34(43-36(46)28-14-9-10-15-32(28)47-27-21-40-22-27)35-42-31(29-19-26(38)16-17-30(29)39)24-44(35)23-25-12-7-6-8-13-25/h6-10,12-17,19,24,27,34,40H,4-5,11,18,20-23H2,1-3H3,(H,41,45)(H,43,46)/t34-/m0/s1. The van der Waals surface area contributed by atoms with Crippen molar-refractivity contribution in [1.29, 1.82) is 0 Å². The highest BCUT2D eigenvalue weighted by atomic mass is 19.1. The second-order valence-corrected chi connectivity index (χ2v) is 12.7. The number of halogens is 2. The zero-order valence-corrected chi connectivity index (χ0v) is 27.2. The average Bonchev–Trinajstić information content (AvgIpc) is 3.44. The van der Waals surface area contributed by atoms with Gasteiger partial charge in [-0.1, -0.05) is 76.1 Å². The van der Waals surface area contributed by atoms with Crippen molar-refractivity contribution < 1.29 is 23.1 Å². The van der Waals surface area contributed by atoms with E-state index in [1.807, 2.05) is 54.8 Å². The van der Waals surface area contributed by atoms with Crippen molar-refractivity contribution in [2.24, 2.45) is 5.41 Å². The van der Waals surface area contributed by atoms with Crippen molar-refractivity contribution in [2.45, 2.75) is 65.1 Å². The number of carbonyl (C=O) groups is 2. The van der Waals surface area contributed by atoms with Gasteiger partial charge in [0, 0.05) is 49.8 Å². The molecule has 1 fully saturated rings. The molecule has 8 nitrogen and oxygen atoms in total. The topological polar surface area (TPSA) is 97.3 Å². The lowest BCUT2D eigenvalue weighted by Gasteiger charge is -2.35. The first kappa shape index (κ1) is 33.8. The molecule has 1 aliphatic heterocycles. The predicted molar refractivity (Wildman–Crippen MR) is 178 cm³/mol. The van der Waals surface area contributed by atoms with Crippen LogP contribution >= 0.6 is 0 Å². The maximum atomic E-state index is 15.1. The zero-order valence-electron chi connectivity index (χ0n) is 27.2. The third-order valence-electron chi connectivity index (χ3n) is 8.41. The van der Waals surface area contributed by atoms with Crippen LogP contribution in [0.5, 0.6) is 5.75 Å². The van der Waals surface area contributed by atoms with E-state index in [1.54, 1.807) is 24.4 Å². The van der Waals surface area contributed by atoms with Crippen LogP contribution in [0.2, 0.25) is 0 Å². The number of unbranched alkanes of at least 4 members (excludes halogenated alkanes) is 2. The van der Waals surface area contributed by atoms with Crippen molar-refractivity contribution in [3.8, 4) is 17.0 Å². The van der Waals surface area contributed by atoms with Gasteiger partial charge in [-0.05, 0) is 42.3 Å². The van der Waals surface area contributed by atoms with Crippen molar-refractivity contribution in [2.75, 3.05) is 19.6 Å². The second kappa shape index (κ2) is 15.3. The normalized spacial score (nSPS) is 13.9. The SMILES string of the molecule is CCCCCNC(=O)CC(C)(C)[C@@H](NC(=O)c1ccccc1OC1CNC1)c1nc(-c2cc(F)ccc2F)cn1Cc1ccccc1. The van der Waals surface area contributed by atoms with E-state index in [1.165, 1.54) is 0 Å². The van der Waals surface area contributed by atoms with E-state index >= 15 is 4.39 Å². The molecule has 1 aromatic heterocycles. The van der Waals surface area contributed by atoms with Crippen molar-refractivity contribution in [1.82, 2.24) is 25.5 Å². The summed E-state index contributed by atoms with van der Waals surface area (Å²) in [6.07, 6.45) is 4.63. The highest BCUT2D eigenvalue weighted by Gasteiger charge is 2.38. The summed E-state index contributed by atoms with van der Waals surface area (Å²) in [6, 6.07) is 19.1. The monoisotopic (exact) mass is 643 g/mol. The number of hydrogen-bond acceptors (Lipinski definition) is 5. The summed E-state index contributed by atoms with van der Waals surface area (Å²) in [5.41, 5.74) is 0.648. The van der Waals surface area contributed by atoms with Gasteiger partial charge in [0.05, 0.1) is 17.3 Å². The molecule has 1 saturated heterocycles. The van der Waals surface area contributed by atoms with Gasteiger partial charge in [-0.25, -0.2) is 13.8 Å². The van der Waals surface area contributed by atoms with Crippen LogP contribution < -0.4 is 20.7 Å². The van der Waals surface area contributed by atoms with E-state index in [0.29, 0.717) is 43.3 Å². The van der Waals surface area contributed by atoms with E-state index < -0.39 is 29.0 Å². The molecule has 4 aromatic rings. The van der Waals surface area contributed by atoms with Crippen LogP contribution in [0.25, 0.3) is 11.3 Å². The van der Waals surface area contributed by atoms with Gasteiger partial charge in [-0.15, -0.1) is 0 Å².